The first-order chi connectivity index (χ1) is 8.85. The Kier molecular flexibility index (Phi) is 5.77. The van der Waals surface area contributed by atoms with Crippen LogP contribution in [0.4, 0.5) is 0 Å². The molecule has 0 spiro atoms. The van der Waals surface area contributed by atoms with Gasteiger partial charge in [0.2, 0.25) is 0 Å². The molecule has 4 heteroatoms. The normalized spacial score (nSPS) is 11.5. The van der Waals surface area contributed by atoms with E-state index in [-0.39, 0.29) is 0 Å². The van der Waals surface area contributed by atoms with Crippen LogP contribution in [0.2, 0.25) is 0 Å². The number of rotatable bonds is 7. The van der Waals surface area contributed by atoms with E-state index >= 15 is 0 Å². The number of thiophene rings is 1. The van der Waals surface area contributed by atoms with Crippen LogP contribution in [0.3, 0.4) is 0 Å². The van der Waals surface area contributed by atoms with Gasteiger partial charge in [0, 0.05) is 36.1 Å². The minimum Gasteiger partial charge on any atom is -0.301 e. The second-order valence-corrected chi connectivity index (χ2v) is 5.89. The smallest absolute Gasteiger partial charge is 0.0351 e. The molecule has 0 aliphatic carbocycles. The first kappa shape index (κ1) is 14.1. The summed E-state index contributed by atoms with van der Waals surface area (Å²) in [5.41, 5.74) is 1.43. The molecule has 2 rings (SSSR count). The zero-order valence-corrected chi connectivity index (χ0v) is 12.6. The molecule has 0 N–H and O–H groups in total. The number of nitrogens with zero attached hydrogens (tertiary/aromatic N) is 1. The van der Waals surface area contributed by atoms with Crippen molar-refractivity contribution in [3.8, 4) is 0 Å². The van der Waals surface area contributed by atoms with Gasteiger partial charge in [-0.25, -0.2) is 0 Å². The van der Waals surface area contributed by atoms with Crippen molar-refractivity contribution in [3.63, 3.8) is 0 Å². The molecule has 0 fully saturated rings. The fourth-order valence-electron chi connectivity index (χ4n) is 2.08. The monoisotopic (exact) mass is 301 g/mol. The van der Waals surface area contributed by atoms with E-state index in [1.807, 2.05) is 11.3 Å². The number of hydrogen-bond donors (Lipinski definition) is 0. The Labute approximate surface area is 122 Å². The minimum atomic E-state index is 0.668. The Morgan fingerprint density at radius 2 is 1.72 bits per heavy atom. The van der Waals surface area contributed by atoms with Crippen molar-refractivity contribution in [1.29, 1.82) is 0 Å². The predicted octanol–water partition coefficient (Wildman–Crippen LogP) is 4.22. The predicted molar refractivity (Wildman–Crippen MR) is 83.4 cm³/mol. The van der Waals surface area contributed by atoms with Crippen LogP contribution in [0.15, 0.2) is 29.6 Å². The van der Waals surface area contributed by atoms with Crippen molar-refractivity contribution in [2.45, 2.75) is 6.42 Å². The van der Waals surface area contributed by atoms with E-state index in [1.54, 1.807) is 0 Å². The summed E-state index contributed by atoms with van der Waals surface area (Å²) in [6.45, 7) is 2.85. The molecule has 0 atom stereocenters. The molecule has 1 nitrogen and oxygen atoms in total. The van der Waals surface area contributed by atoms with Gasteiger partial charge in [-0.3, -0.25) is 0 Å². The third-order valence-electron chi connectivity index (χ3n) is 3.06. The number of alkyl halides is 2. The van der Waals surface area contributed by atoms with Gasteiger partial charge in [0.25, 0.3) is 0 Å². The molecular weight excluding hydrogens is 285 g/mol. The molecule has 18 heavy (non-hydrogen) atoms. The summed E-state index contributed by atoms with van der Waals surface area (Å²) in [6.07, 6.45) is 1.07. The number of benzene rings is 1. The molecule has 0 radical (unpaired) electrons. The first-order valence-electron chi connectivity index (χ1n) is 6.14. The highest BCUT2D eigenvalue weighted by Gasteiger charge is 2.07. The van der Waals surface area contributed by atoms with Crippen molar-refractivity contribution in [1.82, 2.24) is 4.90 Å². The summed E-state index contributed by atoms with van der Waals surface area (Å²) in [4.78, 5) is 2.33. The van der Waals surface area contributed by atoms with Crippen LogP contribution in [-0.2, 0) is 6.42 Å². The van der Waals surface area contributed by atoms with Gasteiger partial charge >= 0.3 is 0 Å². The lowest BCUT2D eigenvalue weighted by Gasteiger charge is -2.19. The van der Waals surface area contributed by atoms with Gasteiger partial charge in [-0.05, 0) is 28.8 Å². The maximum absolute atomic E-state index is 5.81. The van der Waals surface area contributed by atoms with E-state index in [0.29, 0.717) is 11.8 Å². The van der Waals surface area contributed by atoms with E-state index in [2.05, 4.69) is 34.5 Å². The lowest BCUT2D eigenvalue weighted by molar-refractivity contribution is 0.312. The average Bonchev–Trinajstić information content (AvgIpc) is 2.80. The molecule has 98 valence electrons. The van der Waals surface area contributed by atoms with Crippen LogP contribution in [0.1, 0.15) is 5.56 Å². The van der Waals surface area contributed by atoms with Gasteiger partial charge in [0.1, 0.15) is 0 Å². The highest BCUT2D eigenvalue weighted by molar-refractivity contribution is 7.17. The van der Waals surface area contributed by atoms with Gasteiger partial charge in [-0.1, -0.05) is 18.2 Å². The number of halogens is 2. The van der Waals surface area contributed by atoms with Gasteiger partial charge in [-0.15, -0.1) is 34.5 Å². The minimum absolute atomic E-state index is 0.668. The Hall–Kier alpha value is -0.280. The van der Waals surface area contributed by atoms with Crippen molar-refractivity contribution in [2.24, 2.45) is 0 Å². The quantitative estimate of drug-likeness (QED) is 0.692. The summed E-state index contributed by atoms with van der Waals surface area (Å²) < 4.78 is 1.37. The lowest BCUT2D eigenvalue weighted by Crippen LogP contribution is -2.30. The average molecular weight is 302 g/mol. The largest absolute Gasteiger partial charge is 0.301 e. The van der Waals surface area contributed by atoms with Crippen LogP contribution in [0.25, 0.3) is 10.1 Å². The topological polar surface area (TPSA) is 3.24 Å². The zero-order chi connectivity index (χ0) is 12.8. The van der Waals surface area contributed by atoms with Gasteiger partial charge in [0.05, 0.1) is 0 Å². The van der Waals surface area contributed by atoms with E-state index in [9.17, 15) is 0 Å². The van der Waals surface area contributed by atoms with E-state index in [4.69, 9.17) is 23.2 Å². The van der Waals surface area contributed by atoms with Crippen molar-refractivity contribution in [3.05, 3.63) is 35.2 Å². The summed E-state index contributed by atoms with van der Waals surface area (Å²) in [5.74, 6) is 1.34. The molecule has 2 aromatic rings. The molecule has 0 unspecified atom stereocenters. The van der Waals surface area contributed by atoms with Crippen molar-refractivity contribution >= 4 is 44.6 Å². The fraction of sp³-hybridized carbons (Fsp3) is 0.429. The lowest BCUT2D eigenvalue weighted by atomic mass is 10.1. The molecule has 0 aliphatic heterocycles. The van der Waals surface area contributed by atoms with Gasteiger partial charge < -0.3 is 4.90 Å². The SMILES string of the molecule is ClCCN(CCCl)CCc1csc2ccccc12. The second-order valence-electron chi connectivity index (χ2n) is 4.23. The van der Waals surface area contributed by atoms with Crippen LogP contribution in [0, 0.1) is 0 Å². The van der Waals surface area contributed by atoms with Gasteiger partial charge in [-0.2, -0.15) is 0 Å². The molecule has 0 bridgehead atoms. The first-order valence-corrected chi connectivity index (χ1v) is 8.09. The summed E-state index contributed by atoms with van der Waals surface area (Å²) in [5, 5.41) is 3.66. The summed E-state index contributed by atoms with van der Waals surface area (Å²) in [7, 11) is 0. The highest BCUT2D eigenvalue weighted by atomic mass is 35.5. The molecular formula is C14H17Cl2NS. The molecule has 1 heterocycles. The van der Waals surface area contributed by atoms with Crippen LogP contribution in [-0.4, -0.2) is 36.3 Å². The molecule has 0 saturated heterocycles. The summed E-state index contributed by atoms with van der Waals surface area (Å²) >= 11 is 13.4. The number of fused-ring (bicyclic) bond motifs is 1. The number of hydrogen-bond acceptors (Lipinski definition) is 2. The van der Waals surface area contributed by atoms with Gasteiger partial charge in [0.15, 0.2) is 0 Å². The van der Waals surface area contributed by atoms with Crippen LogP contribution in [0.5, 0.6) is 0 Å². The van der Waals surface area contributed by atoms with E-state index in [0.717, 1.165) is 26.1 Å². The Morgan fingerprint density at radius 1 is 1.00 bits per heavy atom. The maximum atomic E-state index is 5.81. The zero-order valence-electron chi connectivity index (χ0n) is 10.2. The molecule has 0 saturated carbocycles. The molecule has 0 aliphatic rings. The second kappa shape index (κ2) is 7.34. The Morgan fingerprint density at radius 3 is 2.44 bits per heavy atom. The fourth-order valence-corrected chi connectivity index (χ4v) is 3.55. The standard InChI is InChI=1S/C14H17Cl2NS/c15-6-9-17(10-7-16)8-5-12-11-18-14-4-2-1-3-13(12)14/h1-4,11H,5-10H2. The van der Waals surface area contributed by atoms with Crippen LogP contribution < -0.4 is 0 Å². The highest BCUT2D eigenvalue weighted by Crippen LogP contribution is 2.25. The third-order valence-corrected chi connectivity index (χ3v) is 4.41. The van der Waals surface area contributed by atoms with E-state index in [1.165, 1.54) is 15.6 Å². The maximum Gasteiger partial charge on any atom is 0.0351 e. The Bertz CT molecular complexity index is 477. The van der Waals surface area contributed by atoms with E-state index < -0.39 is 0 Å². The molecule has 0 amide bonds. The Balaban J connectivity index is 2.00. The van der Waals surface area contributed by atoms with Crippen LogP contribution >= 0.6 is 34.5 Å². The third kappa shape index (κ3) is 3.61. The molecule has 1 aromatic carbocycles. The van der Waals surface area contributed by atoms with Crippen molar-refractivity contribution < 1.29 is 0 Å². The summed E-state index contributed by atoms with van der Waals surface area (Å²) in [6, 6.07) is 8.58. The van der Waals surface area contributed by atoms with Crippen molar-refractivity contribution in [2.75, 3.05) is 31.4 Å². The molecule has 1 aromatic heterocycles.